The Labute approximate surface area is 83.7 Å². The highest BCUT2D eigenvalue weighted by Gasteiger charge is 1.98. The maximum absolute atomic E-state index is 5.30. The fourth-order valence-electron chi connectivity index (χ4n) is 0.749. The van der Waals surface area contributed by atoms with Crippen molar-refractivity contribution in [1.29, 1.82) is 0 Å². The van der Waals surface area contributed by atoms with Gasteiger partial charge in [0, 0.05) is 16.9 Å². The minimum absolute atomic E-state index is 0.147. The van der Waals surface area contributed by atoms with Crippen molar-refractivity contribution in [2.75, 3.05) is 0 Å². The van der Waals surface area contributed by atoms with Crippen molar-refractivity contribution in [2.24, 2.45) is 0 Å². The van der Waals surface area contributed by atoms with Crippen LogP contribution in [-0.2, 0) is 4.18 Å². The van der Waals surface area contributed by atoms with Crippen molar-refractivity contribution < 1.29 is 4.18 Å². The second kappa shape index (κ2) is 4.96. The number of terminal acetylenes is 1. The third-order valence-electron chi connectivity index (χ3n) is 1.54. The summed E-state index contributed by atoms with van der Waals surface area (Å²) < 4.78 is 5.30. The predicted octanol–water partition coefficient (Wildman–Crippen LogP) is 3.04. The van der Waals surface area contributed by atoms with Crippen molar-refractivity contribution >= 4 is 12.0 Å². The predicted molar refractivity (Wildman–Crippen MR) is 56.4 cm³/mol. The lowest BCUT2D eigenvalue weighted by Crippen LogP contribution is -1.97. The zero-order chi connectivity index (χ0) is 9.68. The summed E-state index contributed by atoms with van der Waals surface area (Å²) in [5, 5.41) is 0. The molecule has 1 aromatic carbocycles. The molecule has 0 saturated heterocycles. The van der Waals surface area contributed by atoms with E-state index in [9.17, 15) is 0 Å². The Morgan fingerprint density at radius 1 is 1.38 bits per heavy atom. The van der Waals surface area contributed by atoms with Crippen molar-refractivity contribution in [2.45, 2.75) is 24.8 Å². The van der Waals surface area contributed by atoms with Crippen LogP contribution in [0.25, 0.3) is 0 Å². The van der Waals surface area contributed by atoms with E-state index in [0.717, 1.165) is 4.90 Å². The molecule has 0 spiro atoms. The Morgan fingerprint density at radius 3 is 2.54 bits per heavy atom. The average Bonchev–Trinajstić information content (AvgIpc) is 2.16. The number of hydrogen-bond acceptors (Lipinski definition) is 2. The fourth-order valence-corrected chi connectivity index (χ4v) is 1.31. The molecule has 1 rings (SSSR count). The molecule has 0 N–H and O–H groups in total. The van der Waals surface area contributed by atoms with Gasteiger partial charge in [0.2, 0.25) is 0 Å². The summed E-state index contributed by atoms with van der Waals surface area (Å²) in [6.07, 6.45) is 5.03. The van der Waals surface area contributed by atoms with E-state index in [0.29, 0.717) is 0 Å². The van der Waals surface area contributed by atoms with Crippen LogP contribution in [0.15, 0.2) is 29.2 Å². The maximum Gasteiger partial charge on any atom is 0.130 e. The van der Waals surface area contributed by atoms with E-state index < -0.39 is 0 Å². The molecule has 0 amide bonds. The number of hydrogen-bond donors (Lipinski definition) is 0. The summed E-state index contributed by atoms with van der Waals surface area (Å²) >= 11 is 1.32. The fraction of sp³-hybridized carbons (Fsp3) is 0.273. The number of aryl methyl sites for hydroxylation is 1. The summed E-state index contributed by atoms with van der Waals surface area (Å²) in [7, 11) is 0. The van der Waals surface area contributed by atoms with Crippen molar-refractivity contribution in [1.82, 2.24) is 0 Å². The normalized spacial score (nSPS) is 12.1. The molecule has 0 heterocycles. The van der Waals surface area contributed by atoms with Gasteiger partial charge in [-0.25, -0.2) is 0 Å². The molecule has 0 aliphatic heterocycles. The maximum atomic E-state index is 5.30. The van der Waals surface area contributed by atoms with Crippen LogP contribution in [0.2, 0.25) is 0 Å². The molecule has 0 fully saturated rings. The van der Waals surface area contributed by atoms with Gasteiger partial charge >= 0.3 is 0 Å². The van der Waals surface area contributed by atoms with Crippen molar-refractivity contribution in [3.05, 3.63) is 29.8 Å². The van der Waals surface area contributed by atoms with Crippen LogP contribution in [0.1, 0.15) is 12.5 Å². The summed E-state index contributed by atoms with van der Waals surface area (Å²) in [5.74, 6) is 2.50. The lowest BCUT2D eigenvalue weighted by molar-refractivity contribution is 0.331. The van der Waals surface area contributed by atoms with Gasteiger partial charge in [-0.05, 0) is 26.0 Å². The van der Waals surface area contributed by atoms with Crippen molar-refractivity contribution in [3.8, 4) is 12.3 Å². The third-order valence-corrected chi connectivity index (χ3v) is 2.39. The minimum Gasteiger partial charge on any atom is -0.294 e. The summed E-state index contributed by atoms with van der Waals surface area (Å²) in [4.78, 5) is 1.08. The van der Waals surface area contributed by atoms with E-state index >= 15 is 0 Å². The standard InChI is InChI=1S/C11H12OS/c1-4-10(3)12-13-11-7-5-9(2)6-8-11/h1,5-8,10H,2-3H3. The molecular weight excluding hydrogens is 180 g/mol. The lowest BCUT2D eigenvalue weighted by atomic mass is 10.2. The first-order valence-corrected chi connectivity index (χ1v) is 4.82. The molecule has 1 unspecified atom stereocenters. The van der Waals surface area contributed by atoms with E-state index in [1.807, 2.05) is 31.2 Å². The molecule has 0 bridgehead atoms. The van der Waals surface area contributed by atoms with E-state index in [4.69, 9.17) is 10.6 Å². The van der Waals surface area contributed by atoms with Gasteiger partial charge in [0.15, 0.2) is 0 Å². The molecule has 1 aromatic rings. The minimum atomic E-state index is -0.147. The van der Waals surface area contributed by atoms with Gasteiger partial charge in [-0.15, -0.1) is 6.42 Å². The quantitative estimate of drug-likeness (QED) is 0.537. The average molecular weight is 192 g/mol. The smallest absolute Gasteiger partial charge is 0.130 e. The first kappa shape index (κ1) is 10.2. The first-order chi connectivity index (χ1) is 6.22. The van der Waals surface area contributed by atoms with Gasteiger partial charge in [-0.2, -0.15) is 0 Å². The van der Waals surface area contributed by atoms with Gasteiger partial charge in [-0.1, -0.05) is 23.6 Å². The highest BCUT2D eigenvalue weighted by molar-refractivity contribution is 7.94. The summed E-state index contributed by atoms with van der Waals surface area (Å²) in [6.45, 7) is 3.90. The molecule has 0 saturated carbocycles. The van der Waals surface area contributed by atoms with E-state index in [1.165, 1.54) is 17.6 Å². The van der Waals surface area contributed by atoms with Gasteiger partial charge in [0.1, 0.15) is 6.10 Å². The largest absolute Gasteiger partial charge is 0.294 e. The number of benzene rings is 1. The number of rotatable bonds is 3. The molecule has 68 valence electrons. The molecule has 2 heteroatoms. The Bertz CT molecular complexity index is 297. The van der Waals surface area contributed by atoms with Crippen LogP contribution >= 0.6 is 12.0 Å². The van der Waals surface area contributed by atoms with Crippen LogP contribution < -0.4 is 0 Å². The van der Waals surface area contributed by atoms with Gasteiger partial charge in [0.25, 0.3) is 0 Å². The second-order valence-corrected chi connectivity index (χ2v) is 3.63. The van der Waals surface area contributed by atoms with E-state index in [-0.39, 0.29) is 6.10 Å². The molecule has 0 aliphatic rings. The lowest BCUT2D eigenvalue weighted by Gasteiger charge is -2.04. The first-order valence-electron chi connectivity index (χ1n) is 4.08. The molecule has 13 heavy (non-hydrogen) atoms. The zero-order valence-electron chi connectivity index (χ0n) is 7.78. The van der Waals surface area contributed by atoms with Gasteiger partial charge in [-0.3, -0.25) is 4.18 Å². The van der Waals surface area contributed by atoms with Crippen LogP contribution in [0, 0.1) is 19.3 Å². The molecule has 0 radical (unpaired) electrons. The second-order valence-electron chi connectivity index (χ2n) is 2.80. The Kier molecular flexibility index (Phi) is 3.88. The van der Waals surface area contributed by atoms with Crippen molar-refractivity contribution in [3.63, 3.8) is 0 Å². The molecule has 1 atom stereocenters. The van der Waals surface area contributed by atoms with Crippen LogP contribution in [0.3, 0.4) is 0 Å². The highest BCUT2D eigenvalue weighted by atomic mass is 32.2. The van der Waals surface area contributed by atoms with Crippen LogP contribution in [-0.4, -0.2) is 6.10 Å². The molecule has 1 nitrogen and oxygen atoms in total. The van der Waals surface area contributed by atoms with Gasteiger partial charge < -0.3 is 0 Å². The zero-order valence-corrected chi connectivity index (χ0v) is 8.60. The van der Waals surface area contributed by atoms with Crippen LogP contribution in [0.4, 0.5) is 0 Å². The SMILES string of the molecule is C#CC(C)OSc1ccc(C)cc1. The third kappa shape index (κ3) is 3.54. The van der Waals surface area contributed by atoms with E-state index in [2.05, 4.69) is 12.8 Å². The topological polar surface area (TPSA) is 9.23 Å². The Hall–Kier alpha value is -0.910. The summed E-state index contributed by atoms with van der Waals surface area (Å²) in [5.41, 5.74) is 1.24. The van der Waals surface area contributed by atoms with Crippen LogP contribution in [0.5, 0.6) is 0 Å². The summed E-state index contributed by atoms with van der Waals surface area (Å²) in [6, 6.07) is 8.13. The monoisotopic (exact) mass is 192 g/mol. The molecule has 0 aliphatic carbocycles. The molecule has 0 aromatic heterocycles. The Morgan fingerprint density at radius 2 is 2.00 bits per heavy atom. The van der Waals surface area contributed by atoms with Gasteiger partial charge in [0.05, 0.1) is 0 Å². The highest BCUT2D eigenvalue weighted by Crippen LogP contribution is 2.20. The Balaban J connectivity index is 2.47. The molecular formula is C11H12OS. The van der Waals surface area contributed by atoms with E-state index in [1.54, 1.807) is 0 Å².